The first-order valence-electron chi connectivity index (χ1n) is 13.3. The van der Waals surface area contributed by atoms with E-state index in [1.54, 1.807) is 12.1 Å². The number of hydrogen-bond acceptors (Lipinski definition) is 4. The van der Waals surface area contributed by atoms with Crippen molar-refractivity contribution in [1.82, 2.24) is 9.80 Å². The minimum Gasteiger partial charge on any atom is -0.274 e. The Morgan fingerprint density at radius 2 is 1.11 bits per heavy atom. The molecule has 0 bridgehead atoms. The Hall–Kier alpha value is -3.28. The molecular weight excluding hydrogens is 464 g/mol. The van der Waals surface area contributed by atoms with Crippen molar-refractivity contribution in [3.05, 3.63) is 69.8 Å². The molecule has 2 atom stereocenters. The van der Waals surface area contributed by atoms with E-state index in [1.165, 1.54) is 9.80 Å². The summed E-state index contributed by atoms with van der Waals surface area (Å²) in [5.74, 6) is -1.26. The third-order valence-electron chi connectivity index (χ3n) is 8.24. The Kier molecular flexibility index (Phi) is 5.93. The van der Waals surface area contributed by atoms with Gasteiger partial charge in [-0.05, 0) is 65.0 Å². The summed E-state index contributed by atoms with van der Waals surface area (Å²) in [6, 6.07) is 10.7. The molecule has 2 heterocycles. The van der Waals surface area contributed by atoms with E-state index in [0.29, 0.717) is 28.7 Å². The van der Waals surface area contributed by atoms with Crippen LogP contribution in [0.3, 0.4) is 0 Å². The summed E-state index contributed by atoms with van der Waals surface area (Å²) in [6.07, 6.45) is 3.28. The van der Waals surface area contributed by atoms with Crippen molar-refractivity contribution < 1.29 is 19.2 Å². The molecule has 1 aliphatic carbocycles. The Balaban J connectivity index is 1.41. The molecule has 2 aliphatic heterocycles. The molecule has 3 aliphatic rings. The summed E-state index contributed by atoms with van der Waals surface area (Å²) in [6.45, 7) is 12.7. The second kappa shape index (κ2) is 8.64. The molecule has 0 saturated heterocycles. The van der Waals surface area contributed by atoms with Gasteiger partial charge in [-0.15, -0.1) is 0 Å². The molecule has 5 rings (SSSR count). The molecule has 0 radical (unpaired) electrons. The molecule has 4 amide bonds. The summed E-state index contributed by atoms with van der Waals surface area (Å²) in [7, 11) is 0. The number of nitrogens with zero attached hydrogens (tertiary/aromatic N) is 2. The zero-order valence-electron chi connectivity index (χ0n) is 22.7. The highest BCUT2D eigenvalue weighted by Gasteiger charge is 2.46. The molecule has 6 heteroatoms. The van der Waals surface area contributed by atoms with Crippen LogP contribution < -0.4 is 0 Å². The maximum absolute atomic E-state index is 13.6. The largest absolute Gasteiger partial charge is 0.274 e. The molecule has 1 saturated carbocycles. The average molecular weight is 501 g/mol. The van der Waals surface area contributed by atoms with Gasteiger partial charge in [0.1, 0.15) is 0 Å². The number of hydrogen-bond donors (Lipinski definition) is 0. The van der Waals surface area contributed by atoms with Gasteiger partial charge in [0, 0.05) is 12.6 Å². The van der Waals surface area contributed by atoms with Crippen LogP contribution in [0.25, 0.3) is 0 Å². The fraction of sp³-hybridized carbons (Fsp3) is 0.484. The number of carbonyl (C=O) groups excluding carboxylic acids is 4. The Labute approximate surface area is 219 Å². The van der Waals surface area contributed by atoms with Gasteiger partial charge in [-0.3, -0.25) is 29.0 Å². The van der Waals surface area contributed by atoms with Gasteiger partial charge in [0.2, 0.25) is 0 Å². The molecule has 6 nitrogen and oxygen atoms in total. The highest BCUT2D eigenvalue weighted by Crippen LogP contribution is 2.38. The van der Waals surface area contributed by atoms with Gasteiger partial charge < -0.3 is 0 Å². The van der Waals surface area contributed by atoms with Crippen molar-refractivity contribution >= 4 is 23.6 Å². The highest BCUT2D eigenvalue weighted by molar-refractivity contribution is 6.22. The van der Waals surface area contributed by atoms with Gasteiger partial charge in [0.25, 0.3) is 23.6 Å². The van der Waals surface area contributed by atoms with E-state index in [9.17, 15) is 19.2 Å². The van der Waals surface area contributed by atoms with Gasteiger partial charge in [-0.1, -0.05) is 66.5 Å². The van der Waals surface area contributed by atoms with Crippen LogP contribution in [0.15, 0.2) is 36.4 Å². The number of fused-ring (bicyclic) bond motifs is 2. The zero-order chi connectivity index (χ0) is 26.9. The standard InChI is InChI=1S/C31H36N2O4/c1-30(2,3)19-11-13-21-23(15-19)27(35)32(26(21)34)17-18-9-7-8-10-25(18)33-28(36)22-14-12-20(31(4,5)6)16-24(22)29(33)37/h11-16,18,25H,7-10,17H2,1-6H3. The first-order chi connectivity index (χ1) is 17.3. The SMILES string of the molecule is CC(C)(C)c1ccc2c(c1)C(=O)N(CC1CCCCC1N1C(=O)c3ccc(C(C)(C)C)cc3C1=O)C2=O. The van der Waals surface area contributed by atoms with E-state index in [2.05, 4.69) is 41.5 Å². The minimum atomic E-state index is -0.339. The molecule has 0 spiro atoms. The fourth-order valence-corrected chi connectivity index (χ4v) is 5.93. The lowest BCUT2D eigenvalue weighted by atomic mass is 9.83. The maximum atomic E-state index is 13.6. The fourth-order valence-electron chi connectivity index (χ4n) is 5.93. The second-order valence-corrected chi connectivity index (χ2v) is 12.8. The van der Waals surface area contributed by atoms with Crippen LogP contribution in [-0.2, 0) is 10.8 Å². The smallest absolute Gasteiger partial charge is 0.261 e. The van der Waals surface area contributed by atoms with Crippen molar-refractivity contribution in [1.29, 1.82) is 0 Å². The number of benzene rings is 2. The molecule has 0 N–H and O–H groups in total. The lowest BCUT2D eigenvalue weighted by molar-refractivity contribution is 0.0412. The van der Waals surface area contributed by atoms with Crippen LogP contribution in [0.2, 0.25) is 0 Å². The summed E-state index contributed by atoms with van der Waals surface area (Å²) < 4.78 is 0. The van der Waals surface area contributed by atoms with Crippen LogP contribution in [0.1, 0.15) is 120 Å². The van der Waals surface area contributed by atoms with E-state index in [4.69, 9.17) is 0 Å². The average Bonchev–Trinajstić information content (AvgIpc) is 3.23. The molecule has 2 aromatic carbocycles. The van der Waals surface area contributed by atoms with Crippen LogP contribution in [0.5, 0.6) is 0 Å². The van der Waals surface area contributed by atoms with E-state index < -0.39 is 0 Å². The topological polar surface area (TPSA) is 74.8 Å². The normalized spacial score (nSPS) is 22.1. The van der Waals surface area contributed by atoms with Crippen molar-refractivity contribution in [2.24, 2.45) is 5.92 Å². The Morgan fingerprint density at radius 1 is 0.649 bits per heavy atom. The number of carbonyl (C=O) groups is 4. The Morgan fingerprint density at radius 3 is 1.68 bits per heavy atom. The van der Waals surface area contributed by atoms with E-state index in [1.807, 2.05) is 24.3 Å². The van der Waals surface area contributed by atoms with Crippen LogP contribution >= 0.6 is 0 Å². The minimum absolute atomic E-state index is 0.140. The van der Waals surface area contributed by atoms with Crippen molar-refractivity contribution in [3.8, 4) is 0 Å². The van der Waals surface area contributed by atoms with Gasteiger partial charge in [-0.2, -0.15) is 0 Å². The lowest BCUT2D eigenvalue weighted by Crippen LogP contribution is -2.50. The molecule has 1 fully saturated rings. The van der Waals surface area contributed by atoms with E-state index in [-0.39, 0.29) is 53.0 Å². The Bertz CT molecular complexity index is 1330. The molecular formula is C31H36N2O4. The quantitative estimate of drug-likeness (QED) is 0.504. The first-order valence-corrected chi connectivity index (χ1v) is 13.3. The van der Waals surface area contributed by atoms with Crippen LogP contribution in [0, 0.1) is 5.92 Å². The van der Waals surface area contributed by atoms with Gasteiger partial charge >= 0.3 is 0 Å². The van der Waals surface area contributed by atoms with Crippen LogP contribution in [-0.4, -0.2) is 46.0 Å². The predicted octanol–water partition coefficient (Wildman–Crippen LogP) is 5.73. The number of amides is 4. The summed E-state index contributed by atoms with van der Waals surface area (Å²) >= 11 is 0. The monoisotopic (exact) mass is 500 g/mol. The van der Waals surface area contributed by atoms with E-state index in [0.717, 1.165) is 30.4 Å². The maximum Gasteiger partial charge on any atom is 0.261 e. The number of imide groups is 2. The van der Waals surface area contributed by atoms with Gasteiger partial charge in [0.15, 0.2) is 0 Å². The summed E-state index contributed by atoms with van der Waals surface area (Å²) in [5.41, 5.74) is 3.51. The van der Waals surface area contributed by atoms with Crippen molar-refractivity contribution in [2.45, 2.75) is 84.1 Å². The third-order valence-corrected chi connectivity index (χ3v) is 8.24. The van der Waals surface area contributed by atoms with Gasteiger partial charge in [0.05, 0.1) is 22.3 Å². The molecule has 0 aromatic heterocycles. The van der Waals surface area contributed by atoms with Crippen molar-refractivity contribution in [3.63, 3.8) is 0 Å². The second-order valence-electron chi connectivity index (χ2n) is 12.8. The predicted molar refractivity (Wildman–Crippen MR) is 142 cm³/mol. The summed E-state index contributed by atoms with van der Waals surface area (Å²) in [5, 5.41) is 0. The van der Waals surface area contributed by atoms with E-state index >= 15 is 0 Å². The third kappa shape index (κ3) is 4.20. The lowest BCUT2D eigenvalue weighted by Gasteiger charge is -2.38. The summed E-state index contributed by atoms with van der Waals surface area (Å²) in [4.78, 5) is 56.4. The van der Waals surface area contributed by atoms with Crippen LogP contribution in [0.4, 0.5) is 0 Å². The highest BCUT2D eigenvalue weighted by atomic mass is 16.2. The zero-order valence-corrected chi connectivity index (χ0v) is 22.7. The van der Waals surface area contributed by atoms with Gasteiger partial charge in [-0.25, -0.2) is 0 Å². The first kappa shape index (κ1) is 25.4. The van der Waals surface area contributed by atoms with Crippen molar-refractivity contribution in [2.75, 3.05) is 6.54 Å². The molecule has 194 valence electrons. The molecule has 2 unspecified atom stereocenters. The number of rotatable bonds is 3. The molecule has 37 heavy (non-hydrogen) atoms. The molecule has 2 aromatic rings.